The lowest BCUT2D eigenvalue weighted by atomic mass is 9.93. The minimum Gasteiger partial charge on any atom is -0.298 e. The first-order valence-corrected chi connectivity index (χ1v) is 7.61. The van der Waals surface area contributed by atoms with E-state index in [-0.39, 0.29) is 11.0 Å². The number of halogens is 2. The largest absolute Gasteiger partial charge is 0.298 e. The van der Waals surface area contributed by atoms with Gasteiger partial charge in [-0.3, -0.25) is 9.89 Å². The molecule has 0 saturated heterocycles. The number of nitrogens with one attached hydrogen (secondary N) is 1. The zero-order valence-electron chi connectivity index (χ0n) is 11.1. The fourth-order valence-corrected chi connectivity index (χ4v) is 3.23. The molecule has 0 spiro atoms. The van der Waals surface area contributed by atoms with E-state index in [1.54, 1.807) is 4.68 Å². The van der Waals surface area contributed by atoms with E-state index in [1.807, 2.05) is 24.3 Å². The molecule has 5 heteroatoms. The molecule has 0 aliphatic rings. The zero-order valence-corrected chi connectivity index (χ0v) is 14.3. The molecule has 102 valence electrons. The van der Waals surface area contributed by atoms with Gasteiger partial charge in [-0.25, -0.2) is 4.68 Å². The van der Waals surface area contributed by atoms with Gasteiger partial charge in [0.15, 0.2) is 0 Å². The van der Waals surface area contributed by atoms with Crippen molar-refractivity contribution in [2.45, 2.75) is 32.7 Å². The fraction of sp³-hybridized carbons (Fsp3) is 0.357. The van der Waals surface area contributed by atoms with Crippen LogP contribution in [-0.2, 0) is 12.0 Å². The summed E-state index contributed by atoms with van der Waals surface area (Å²) in [6.07, 6.45) is 0. The van der Waals surface area contributed by atoms with Gasteiger partial charge in [0.05, 0.1) is 12.2 Å². The normalized spacial score (nSPS) is 11.8. The van der Waals surface area contributed by atoms with Crippen LogP contribution in [0, 0.1) is 0 Å². The molecule has 0 atom stereocenters. The van der Waals surface area contributed by atoms with Crippen molar-refractivity contribution in [2.24, 2.45) is 0 Å². The molecule has 2 aromatic rings. The maximum absolute atomic E-state index is 12.2. The summed E-state index contributed by atoms with van der Waals surface area (Å²) in [4.78, 5) is 12.2. The highest BCUT2D eigenvalue weighted by Crippen LogP contribution is 2.25. The molecule has 0 saturated carbocycles. The summed E-state index contributed by atoms with van der Waals surface area (Å²) >= 11 is 6.83. The highest BCUT2D eigenvalue weighted by atomic mass is 79.9. The van der Waals surface area contributed by atoms with Crippen LogP contribution in [0.25, 0.3) is 0 Å². The summed E-state index contributed by atoms with van der Waals surface area (Å²) in [5, 5.41) is 3.20. The number of rotatable bonds is 2. The van der Waals surface area contributed by atoms with Gasteiger partial charge in [-0.2, -0.15) is 0 Å². The number of hydrogen-bond acceptors (Lipinski definition) is 1. The Hall–Kier alpha value is -0.810. The molecule has 0 aliphatic carbocycles. The van der Waals surface area contributed by atoms with E-state index >= 15 is 0 Å². The van der Waals surface area contributed by atoms with Crippen molar-refractivity contribution < 1.29 is 0 Å². The van der Waals surface area contributed by atoms with Gasteiger partial charge in [0.1, 0.15) is 4.47 Å². The number of H-pyrrole nitrogens is 1. The van der Waals surface area contributed by atoms with Gasteiger partial charge in [-0.15, -0.1) is 0 Å². The Morgan fingerprint density at radius 2 is 1.95 bits per heavy atom. The molecule has 0 aliphatic heterocycles. The van der Waals surface area contributed by atoms with Gasteiger partial charge < -0.3 is 0 Å². The van der Waals surface area contributed by atoms with Gasteiger partial charge in [0, 0.05) is 9.89 Å². The Labute approximate surface area is 129 Å². The second-order valence-electron chi connectivity index (χ2n) is 5.57. The van der Waals surface area contributed by atoms with Crippen molar-refractivity contribution in [3.63, 3.8) is 0 Å². The number of hydrogen-bond donors (Lipinski definition) is 1. The number of aromatic nitrogens is 2. The molecule has 1 N–H and O–H groups in total. The first-order chi connectivity index (χ1) is 8.79. The molecular formula is C14H16Br2N2O. The van der Waals surface area contributed by atoms with Gasteiger partial charge >= 0.3 is 0 Å². The molecule has 0 unspecified atom stereocenters. The van der Waals surface area contributed by atoms with E-state index in [9.17, 15) is 4.79 Å². The van der Waals surface area contributed by atoms with Gasteiger partial charge in [-0.1, -0.05) is 48.8 Å². The fourth-order valence-electron chi connectivity index (χ4n) is 1.89. The highest BCUT2D eigenvalue weighted by molar-refractivity contribution is 9.10. The summed E-state index contributed by atoms with van der Waals surface area (Å²) in [5.74, 6) is 0. The average molecular weight is 388 g/mol. The minimum absolute atomic E-state index is 0.0232. The molecule has 0 bridgehead atoms. The Morgan fingerprint density at radius 1 is 1.26 bits per heavy atom. The Kier molecular flexibility index (Phi) is 4.06. The van der Waals surface area contributed by atoms with Crippen LogP contribution in [0.3, 0.4) is 0 Å². The highest BCUT2D eigenvalue weighted by Gasteiger charge is 2.23. The van der Waals surface area contributed by atoms with Crippen LogP contribution >= 0.6 is 31.9 Å². The smallest absolute Gasteiger partial charge is 0.281 e. The van der Waals surface area contributed by atoms with Crippen molar-refractivity contribution in [3.05, 3.63) is 54.8 Å². The Morgan fingerprint density at radius 3 is 2.47 bits per heavy atom. The molecule has 1 aromatic carbocycles. The third kappa shape index (κ3) is 3.20. The molecule has 19 heavy (non-hydrogen) atoms. The lowest BCUT2D eigenvalue weighted by Crippen LogP contribution is -2.17. The molecule has 1 aromatic heterocycles. The molecule has 0 fully saturated rings. The lowest BCUT2D eigenvalue weighted by Gasteiger charge is -2.16. The van der Waals surface area contributed by atoms with Crippen molar-refractivity contribution in [3.8, 4) is 0 Å². The second kappa shape index (κ2) is 5.29. The predicted molar refractivity (Wildman–Crippen MR) is 84.7 cm³/mol. The monoisotopic (exact) mass is 386 g/mol. The number of benzene rings is 1. The number of nitrogens with zero attached hydrogens (tertiary/aromatic N) is 1. The molecular weight excluding hydrogens is 372 g/mol. The van der Waals surface area contributed by atoms with Crippen LogP contribution in [0.2, 0.25) is 0 Å². The van der Waals surface area contributed by atoms with Crippen LogP contribution in [0.15, 0.2) is 38.0 Å². The second-order valence-corrected chi connectivity index (χ2v) is 7.28. The Balaban J connectivity index is 2.40. The molecule has 3 nitrogen and oxygen atoms in total. The summed E-state index contributed by atoms with van der Waals surface area (Å²) in [7, 11) is 0. The van der Waals surface area contributed by atoms with E-state index in [0.717, 1.165) is 15.7 Å². The van der Waals surface area contributed by atoms with Crippen LogP contribution in [0.1, 0.15) is 32.0 Å². The maximum Gasteiger partial charge on any atom is 0.281 e. The maximum atomic E-state index is 12.2. The van der Waals surface area contributed by atoms with E-state index in [0.29, 0.717) is 11.0 Å². The summed E-state index contributed by atoms with van der Waals surface area (Å²) in [6.45, 7) is 6.76. The average Bonchev–Trinajstić information content (AvgIpc) is 2.57. The Bertz CT molecular complexity index is 650. The van der Waals surface area contributed by atoms with E-state index < -0.39 is 0 Å². The first kappa shape index (κ1) is 14.6. The topological polar surface area (TPSA) is 37.8 Å². The first-order valence-electron chi connectivity index (χ1n) is 6.02. The summed E-state index contributed by atoms with van der Waals surface area (Å²) in [6, 6.07) is 7.95. The van der Waals surface area contributed by atoms with Crippen molar-refractivity contribution >= 4 is 31.9 Å². The quantitative estimate of drug-likeness (QED) is 0.829. The third-order valence-corrected chi connectivity index (χ3v) is 4.11. The summed E-state index contributed by atoms with van der Waals surface area (Å²) in [5.41, 5.74) is 1.88. The van der Waals surface area contributed by atoms with Crippen molar-refractivity contribution in [2.75, 3.05) is 0 Å². The van der Waals surface area contributed by atoms with Crippen LogP contribution in [-0.4, -0.2) is 9.78 Å². The SMILES string of the molecule is CC(C)(C)c1[nH]n(Cc2cccc(Br)c2)c(=O)c1Br. The van der Waals surface area contributed by atoms with Gasteiger partial charge in [-0.05, 0) is 33.6 Å². The standard InChI is InChI=1S/C14H16Br2N2O/c1-14(2,3)12-11(16)13(19)18(17-12)8-9-5-4-6-10(15)7-9/h4-7,17H,8H2,1-3H3. The van der Waals surface area contributed by atoms with Crippen LogP contribution in [0.4, 0.5) is 0 Å². The minimum atomic E-state index is -0.0967. The van der Waals surface area contributed by atoms with Crippen LogP contribution < -0.4 is 5.56 Å². The van der Waals surface area contributed by atoms with Crippen molar-refractivity contribution in [1.82, 2.24) is 9.78 Å². The predicted octanol–water partition coefficient (Wildman–Crippen LogP) is 4.05. The van der Waals surface area contributed by atoms with E-state index in [2.05, 4.69) is 57.7 Å². The van der Waals surface area contributed by atoms with Gasteiger partial charge in [0.25, 0.3) is 5.56 Å². The van der Waals surface area contributed by atoms with Crippen LogP contribution in [0.5, 0.6) is 0 Å². The summed E-state index contributed by atoms with van der Waals surface area (Å²) < 4.78 is 3.27. The molecule has 1 heterocycles. The lowest BCUT2D eigenvalue weighted by molar-refractivity contribution is 0.541. The van der Waals surface area contributed by atoms with Gasteiger partial charge in [0.2, 0.25) is 0 Å². The van der Waals surface area contributed by atoms with Crippen molar-refractivity contribution in [1.29, 1.82) is 0 Å². The molecule has 0 radical (unpaired) electrons. The number of aromatic amines is 1. The molecule has 0 amide bonds. The van der Waals surface area contributed by atoms with E-state index in [4.69, 9.17) is 0 Å². The zero-order chi connectivity index (χ0) is 14.2. The third-order valence-electron chi connectivity index (χ3n) is 2.88. The van der Waals surface area contributed by atoms with E-state index in [1.165, 1.54) is 0 Å². The molecule has 2 rings (SSSR count).